The Bertz CT molecular complexity index is 4530. The van der Waals surface area contributed by atoms with Crippen LogP contribution in [0.5, 0.6) is 0 Å². The van der Waals surface area contributed by atoms with Crippen LogP contribution in [-0.2, 0) is 0 Å². The van der Waals surface area contributed by atoms with Gasteiger partial charge in [-0.15, -0.1) is 0 Å². The Balaban J connectivity index is 1.03. The van der Waals surface area contributed by atoms with E-state index in [2.05, 4.69) is 210 Å². The van der Waals surface area contributed by atoms with E-state index in [0.717, 1.165) is 144 Å². The lowest BCUT2D eigenvalue weighted by molar-refractivity contribution is 0.668. The van der Waals surface area contributed by atoms with E-state index >= 15 is 0 Å². The summed E-state index contributed by atoms with van der Waals surface area (Å²) in [6.07, 6.45) is 0. The molecule has 0 spiro atoms. The Labute approximate surface area is 417 Å². The molecule has 2 aliphatic rings. The van der Waals surface area contributed by atoms with E-state index in [4.69, 9.17) is 17.7 Å². The largest absolute Gasteiger partial charge is 0.456 e. The number of nitrogens with zero attached hydrogens (tertiary/aromatic N) is 2. The second kappa shape index (κ2) is 14.4. The molecule has 7 heteroatoms. The second-order valence-electron chi connectivity index (χ2n) is 19.5. The fourth-order valence-electron chi connectivity index (χ4n) is 12.5. The van der Waals surface area contributed by atoms with Crippen molar-refractivity contribution in [1.82, 2.24) is 0 Å². The van der Waals surface area contributed by atoms with Gasteiger partial charge in [-0.05, 0) is 76.0 Å². The van der Waals surface area contributed by atoms with Crippen molar-refractivity contribution in [2.75, 3.05) is 9.80 Å². The highest BCUT2D eigenvalue weighted by Gasteiger charge is 2.45. The number of hydrogen-bond acceptors (Lipinski definition) is 6. The minimum atomic E-state index is -0.204. The lowest BCUT2D eigenvalue weighted by Gasteiger charge is -2.44. The first-order valence-electron chi connectivity index (χ1n) is 24.8. The average Bonchev–Trinajstić information content (AvgIpc) is 4.24. The summed E-state index contributed by atoms with van der Waals surface area (Å²) in [7, 11) is 0. The summed E-state index contributed by atoms with van der Waals surface area (Å²) in [6.45, 7) is -0.204. The number of furan rings is 4. The maximum absolute atomic E-state index is 6.80. The Hall–Kier alpha value is -9.72. The molecule has 0 aliphatic carbocycles. The molecule has 0 bridgehead atoms. The molecular weight excluding hydrogens is 896 g/mol. The van der Waals surface area contributed by atoms with E-state index < -0.39 is 0 Å². The fourth-order valence-corrected chi connectivity index (χ4v) is 12.5. The molecule has 4 aromatic heterocycles. The van der Waals surface area contributed by atoms with Gasteiger partial charge in [-0.3, -0.25) is 0 Å². The van der Waals surface area contributed by atoms with E-state index in [9.17, 15) is 0 Å². The number of benzene rings is 11. The van der Waals surface area contributed by atoms with Gasteiger partial charge in [0, 0.05) is 101 Å². The summed E-state index contributed by atoms with van der Waals surface area (Å²) in [4.78, 5) is 4.95. The SMILES string of the molecule is c1ccc(-c2cc3c(cc2N2c4cc5oc6ccccc6c5cc4B4c5cc6c(cc5N(c5cc7oc8ccccc8c7cc5-c5ccccc5)c5cccc2c54)oc2ccccc26)oc2ccccc23)cc1. The predicted molar refractivity (Wildman–Crippen MR) is 300 cm³/mol. The molecule has 6 nitrogen and oxygen atoms in total. The number of para-hydroxylation sites is 4. The number of anilines is 6. The highest BCUT2D eigenvalue weighted by molar-refractivity contribution is 7.00. The molecule has 0 saturated carbocycles. The topological polar surface area (TPSA) is 59.0 Å². The van der Waals surface area contributed by atoms with Crippen molar-refractivity contribution in [3.63, 3.8) is 0 Å². The number of fused-ring (bicyclic) bond motifs is 16. The van der Waals surface area contributed by atoms with Crippen LogP contribution in [0.2, 0.25) is 0 Å². The van der Waals surface area contributed by atoms with Gasteiger partial charge in [-0.1, -0.05) is 152 Å². The van der Waals surface area contributed by atoms with Crippen LogP contribution in [0.1, 0.15) is 0 Å². The summed E-state index contributed by atoms with van der Waals surface area (Å²) in [5, 5.41) is 8.63. The van der Waals surface area contributed by atoms with E-state index in [1.165, 1.54) is 16.4 Å². The van der Waals surface area contributed by atoms with Crippen LogP contribution in [-0.4, -0.2) is 6.71 Å². The standard InChI is InChI=1S/C66H37BN2O4/c1-3-16-38(17-4-1)44-30-46-40-20-7-11-26-58(40)70-62(46)34-54(44)68-52-24-15-25-53-66(52)67(50-32-48-42-22-9-13-28-60(42)72-64(48)36-56(50)68)51-33-49-43-23-10-14-29-61(43)73-65(49)37-57(51)69(53)55-35-63-47(41-21-8-12-27-59(41)71-63)31-45(55)39-18-5-2-6-19-39/h1-37H. The molecule has 0 N–H and O–H groups in total. The van der Waals surface area contributed by atoms with Gasteiger partial charge in [-0.25, -0.2) is 0 Å². The fraction of sp³-hybridized carbons (Fsp3) is 0. The van der Waals surface area contributed by atoms with Crippen molar-refractivity contribution < 1.29 is 17.7 Å². The van der Waals surface area contributed by atoms with Crippen LogP contribution in [0.4, 0.5) is 34.1 Å². The first-order chi connectivity index (χ1) is 36.2. The normalized spacial score (nSPS) is 13.1. The lowest BCUT2D eigenvalue weighted by atomic mass is 9.33. The summed E-state index contributed by atoms with van der Waals surface area (Å²) in [6, 6.07) is 80.3. The van der Waals surface area contributed by atoms with Crippen LogP contribution in [0, 0.1) is 0 Å². The Kier molecular flexibility index (Phi) is 7.73. The molecule has 2 aliphatic heterocycles. The van der Waals surface area contributed by atoms with Gasteiger partial charge in [0.1, 0.15) is 44.7 Å². The molecule has 338 valence electrons. The Morgan fingerprint density at radius 2 is 0.575 bits per heavy atom. The molecule has 0 unspecified atom stereocenters. The molecular formula is C66H37BN2O4. The Morgan fingerprint density at radius 1 is 0.247 bits per heavy atom. The van der Waals surface area contributed by atoms with Crippen LogP contribution in [0.3, 0.4) is 0 Å². The molecule has 0 radical (unpaired) electrons. The summed E-state index contributed by atoms with van der Waals surface area (Å²) in [5.74, 6) is 0. The molecule has 6 heterocycles. The third kappa shape index (κ3) is 5.42. The molecule has 17 rings (SSSR count). The van der Waals surface area contributed by atoms with Gasteiger partial charge in [0.05, 0.1) is 11.4 Å². The summed E-state index contributed by atoms with van der Waals surface area (Å²) >= 11 is 0. The van der Waals surface area contributed by atoms with Gasteiger partial charge in [0.2, 0.25) is 0 Å². The van der Waals surface area contributed by atoms with Crippen molar-refractivity contribution in [3.05, 3.63) is 224 Å². The number of rotatable bonds is 4. The first kappa shape index (κ1) is 39.1. The summed E-state index contributed by atoms with van der Waals surface area (Å²) in [5.41, 5.74) is 20.9. The van der Waals surface area contributed by atoms with Crippen molar-refractivity contribution >= 4 is 145 Å². The van der Waals surface area contributed by atoms with Crippen molar-refractivity contribution in [2.45, 2.75) is 0 Å². The lowest BCUT2D eigenvalue weighted by Crippen LogP contribution is -2.61. The minimum Gasteiger partial charge on any atom is -0.456 e. The predicted octanol–water partition coefficient (Wildman–Crippen LogP) is 16.7. The smallest absolute Gasteiger partial charge is 0.252 e. The van der Waals surface area contributed by atoms with E-state index in [0.29, 0.717) is 0 Å². The zero-order valence-electron chi connectivity index (χ0n) is 39.0. The van der Waals surface area contributed by atoms with Crippen LogP contribution >= 0.6 is 0 Å². The van der Waals surface area contributed by atoms with Crippen LogP contribution < -0.4 is 26.2 Å². The zero-order valence-corrected chi connectivity index (χ0v) is 39.0. The minimum absolute atomic E-state index is 0.204. The van der Waals surface area contributed by atoms with Gasteiger partial charge in [0.25, 0.3) is 6.71 Å². The molecule has 0 saturated heterocycles. The van der Waals surface area contributed by atoms with Crippen LogP contribution in [0.15, 0.2) is 242 Å². The monoisotopic (exact) mass is 932 g/mol. The number of hydrogen-bond donors (Lipinski definition) is 0. The quantitative estimate of drug-likeness (QED) is 0.164. The van der Waals surface area contributed by atoms with Crippen molar-refractivity contribution in [2.24, 2.45) is 0 Å². The first-order valence-corrected chi connectivity index (χ1v) is 24.8. The molecule has 0 atom stereocenters. The third-order valence-electron chi connectivity index (χ3n) is 15.6. The second-order valence-corrected chi connectivity index (χ2v) is 19.5. The maximum Gasteiger partial charge on any atom is 0.252 e. The third-order valence-corrected chi connectivity index (χ3v) is 15.6. The zero-order chi connectivity index (χ0) is 47.5. The highest BCUT2D eigenvalue weighted by atomic mass is 16.3. The molecule has 0 amide bonds. The molecule has 0 fully saturated rings. The van der Waals surface area contributed by atoms with Crippen LogP contribution in [0.25, 0.3) is 110 Å². The molecule has 11 aromatic carbocycles. The van der Waals surface area contributed by atoms with Crippen molar-refractivity contribution in [1.29, 1.82) is 0 Å². The van der Waals surface area contributed by atoms with Gasteiger partial charge >= 0.3 is 0 Å². The van der Waals surface area contributed by atoms with E-state index in [1.54, 1.807) is 0 Å². The van der Waals surface area contributed by atoms with E-state index in [-0.39, 0.29) is 6.71 Å². The van der Waals surface area contributed by atoms with Gasteiger partial charge < -0.3 is 27.5 Å². The average molecular weight is 933 g/mol. The highest BCUT2D eigenvalue weighted by Crippen LogP contribution is 2.52. The molecule has 73 heavy (non-hydrogen) atoms. The van der Waals surface area contributed by atoms with Gasteiger partial charge in [-0.2, -0.15) is 0 Å². The molecule has 15 aromatic rings. The maximum atomic E-state index is 6.80. The van der Waals surface area contributed by atoms with E-state index in [1.807, 2.05) is 24.3 Å². The van der Waals surface area contributed by atoms with Gasteiger partial charge in [0.15, 0.2) is 0 Å². The summed E-state index contributed by atoms with van der Waals surface area (Å²) < 4.78 is 27.1. The van der Waals surface area contributed by atoms with Crippen molar-refractivity contribution in [3.8, 4) is 22.3 Å². The Morgan fingerprint density at radius 3 is 0.959 bits per heavy atom.